The van der Waals surface area contributed by atoms with Gasteiger partial charge in [-0.25, -0.2) is 0 Å². The maximum absolute atomic E-state index is 11.6. The van der Waals surface area contributed by atoms with Crippen LogP contribution in [0.1, 0.15) is 10.5 Å². The van der Waals surface area contributed by atoms with Gasteiger partial charge in [0.1, 0.15) is 11.5 Å². The molecule has 0 aliphatic rings. The third kappa shape index (κ3) is 0.921. The number of aromatic nitrogens is 2. The van der Waals surface area contributed by atoms with Crippen LogP contribution in [0.5, 0.6) is 0 Å². The molecule has 2 rings (SSSR count). The molecule has 0 bridgehead atoms. The molecular weight excluding hydrogens is 180 g/mol. The van der Waals surface area contributed by atoms with Gasteiger partial charge < -0.3 is 20.6 Å². The first-order valence-electron chi connectivity index (χ1n) is 4.30. The largest absolute Gasteiger partial charge is 0.383 e. The van der Waals surface area contributed by atoms with Gasteiger partial charge in [0.25, 0.3) is 5.91 Å². The number of nitrogens with two attached hydrogens (primary N) is 1. The Balaban J connectivity index is 2.79. The molecule has 0 saturated carbocycles. The number of nitrogen functional groups attached to an aromatic ring is 1. The van der Waals surface area contributed by atoms with Gasteiger partial charge in [-0.2, -0.15) is 0 Å². The summed E-state index contributed by atoms with van der Waals surface area (Å²) >= 11 is 0. The van der Waals surface area contributed by atoms with E-state index in [1.807, 2.05) is 6.07 Å². The molecule has 1 amide bonds. The van der Waals surface area contributed by atoms with Gasteiger partial charge in [-0.15, -0.1) is 0 Å². The molecule has 0 aromatic carbocycles. The molecule has 0 aliphatic heterocycles. The molecule has 5 nitrogen and oxygen atoms in total. The number of hydrogen-bond donors (Lipinski definition) is 3. The molecule has 0 saturated heterocycles. The molecule has 0 atom stereocenters. The molecule has 0 spiro atoms. The van der Waals surface area contributed by atoms with Crippen molar-refractivity contribution in [1.82, 2.24) is 14.9 Å². The summed E-state index contributed by atoms with van der Waals surface area (Å²) < 4.78 is 1.68. The lowest BCUT2D eigenvalue weighted by atomic mass is 10.3. The van der Waals surface area contributed by atoms with E-state index in [-0.39, 0.29) is 5.91 Å². The Bertz CT molecular complexity index is 494. The number of hydrogen-bond acceptors (Lipinski definition) is 2. The predicted molar refractivity (Wildman–Crippen MR) is 55.1 cm³/mol. The fraction of sp³-hybridized carbons (Fsp3) is 0.222. The number of nitrogens with zero attached hydrogens (tertiary/aromatic N) is 1. The first-order valence-corrected chi connectivity index (χ1v) is 4.30. The second-order valence-electron chi connectivity index (χ2n) is 3.14. The smallest absolute Gasteiger partial charge is 0.268 e. The highest BCUT2D eigenvalue weighted by atomic mass is 16.1. The number of H-pyrrole nitrogens is 1. The van der Waals surface area contributed by atoms with Gasteiger partial charge in [0.2, 0.25) is 0 Å². The van der Waals surface area contributed by atoms with E-state index in [4.69, 9.17) is 5.73 Å². The van der Waals surface area contributed by atoms with E-state index in [0.717, 1.165) is 10.9 Å². The Morgan fingerprint density at radius 2 is 2.36 bits per heavy atom. The van der Waals surface area contributed by atoms with Crippen LogP contribution in [-0.4, -0.2) is 22.5 Å². The Hall–Kier alpha value is -1.91. The van der Waals surface area contributed by atoms with Crippen molar-refractivity contribution < 1.29 is 4.79 Å². The molecule has 14 heavy (non-hydrogen) atoms. The van der Waals surface area contributed by atoms with Gasteiger partial charge in [-0.3, -0.25) is 4.79 Å². The highest BCUT2D eigenvalue weighted by molar-refractivity contribution is 6.09. The fourth-order valence-corrected chi connectivity index (χ4v) is 1.64. The number of aromatic amines is 1. The van der Waals surface area contributed by atoms with Gasteiger partial charge in [-0.1, -0.05) is 0 Å². The van der Waals surface area contributed by atoms with Crippen LogP contribution in [0, 0.1) is 0 Å². The quantitative estimate of drug-likeness (QED) is 0.613. The van der Waals surface area contributed by atoms with Crippen molar-refractivity contribution in [1.29, 1.82) is 0 Å². The summed E-state index contributed by atoms with van der Waals surface area (Å²) in [7, 11) is 3.37. The zero-order valence-electron chi connectivity index (χ0n) is 8.09. The highest BCUT2D eigenvalue weighted by Gasteiger charge is 2.17. The summed E-state index contributed by atoms with van der Waals surface area (Å²) in [5.74, 6) is 0.442. The van der Waals surface area contributed by atoms with Crippen molar-refractivity contribution in [3.63, 3.8) is 0 Å². The summed E-state index contributed by atoms with van der Waals surface area (Å²) in [6.07, 6.45) is 1.77. The van der Waals surface area contributed by atoms with Crippen LogP contribution in [0.2, 0.25) is 0 Å². The predicted octanol–water partition coefficient (Wildman–Crippen LogP) is 0.448. The van der Waals surface area contributed by atoms with E-state index in [1.165, 1.54) is 0 Å². The minimum atomic E-state index is -0.131. The molecule has 0 radical (unpaired) electrons. The van der Waals surface area contributed by atoms with E-state index in [0.29, 0.717) is 11.5 Å². The summed E-state index contributed by atoms with van der Waals surface area (Å²) in [4.78, 5) is 14.6. The summed E-state index contributed by atoms with van der Waals surface area (Å²) in [6, 6.07) is 1.84. The number of nitrogens with one attached hydrogen (secondary N) is 2. The number of anilines is 1. The molecule has 0 aliphatic carbocycles. The van der Waals surface area contributed by atoms with Gasteiger partial charge in [-0.05, 0) is 6.07 Å². The van der Waals surface area contributed by atoms with E-state index in [9.17, 15) is 4.79 Å². The molecule has 5 heteroatoms. The lowest BCUT2D eigenvalue weighted by Gasteiger charge is -2.02. The monoisotopic (exact) mass is 192 g/mol. The van der Waals surface area contributed by atoms with Crippen molar-refractivity contribution in [2.75, 3.05) is 12.8 Å². The van der Waals surface area contributed by atoms with E-state index in [2.05, 4.69) is 10.3 Å². The lowest BCUT2D eigenvalue weighted by Crippen LogP contribution is -2.21. The molecule has 4 N–H and O–H groups in total. The topological polar surface area (TPSA) is 75.8 Å². The molecule has 2 aromatic rings. The SMILES string of the molecule is CNC(=O)c1c2cc[nH]c2c(N)n1C. The van der Waals surface area contributed by atoms with Crippen LogP contribution in [0.4, 0.5) is 5.82 Å². The van der Waals surface area contributed by atoms with Crippen LogP contribution in [0.15, 0.2) is 12.3 Å². The van der Waals surface area contributed by atoms with Gasteiger partial charge in [0, 0.05) is 25.7 Å². The minimum Gasteiger partial charge on any atom is -0.383 e. The fourth-order valence-electron chi connectivity index (χ4n) is 1.64. The van der Waals surface area contributed by atoms with Gasteiger partial charge >= 0.3 is 0 Å². The van der Waals surface area contributed by atoms with Crippen LogP contribution in [-0.2, 0) is 7.05 Å². The molecular formula is C9H12N4O. The molecule has 2 heterocycles. The van der Waals surface area contributed by atoms with Crippen molar-refractivity contribution >= 4 is 22.6 Å². The first kappa shape index (κ1) is 8.68. The number of carbonyl (C=O) groups is 1. The standard InChI is InChI=1S/C9H12N4O/c1-11-9(14)7-5-3-4-12-6(5)8(10)13(7)2/h3-4,12H,10H2,1-2H3,(H,11,14). The average Bonchev–Trinajstić information content (AvgIpc) is 2.72. The second-order valence-corrected chi connectivity index (χ2v) is 3.14. The number of amides is 1. The Morgan fingerprint density at radius 3 is 3.00 bits per heavy atom. The Morgan fingerprint density at radius 1 is 1.64 bits per heavy atom. The third-order valence-corrected chi connectivity index (χ3v) is 2.40. The van der Waals surface area contributed by atoms with Crippen molar-refractivity contribution in [2.24, 2.45) is 7.05 Å². The molecule has 0 unspecified atom stereocenters. The first-order chi connectivity index (χ1) is 6.66. The zero-order valence-corrected chi connectivity index (χ0v) is 8.09. The van der Waals surface area contributed by atoms with E-state index >= 15 is 0 Å². The normalized spacial score (nSPS) is 10.7. The second kappa shape index (κ2) is 2.80. The van der Waals surface area contributed by atoms with Crippen LogP contribution in [0.3, 0.4) is 0 Å². The maximum Gasteiger partial charge on any atom is 0.268 e. The summed E-state index contributed by atoms with van der Waals surface area (Å²) in [5.41, 5.74) is 7.22. The summed E-state index contributed by atoms with van der Waals surface area (Å²) in [5, 5.41) is 3.44. The molecule has 0 fully saturated rings. The van der Waals surface area contributed by atoms with Crippen molar-refractivity contribution in [2.45, 2.75) is 0 Å². The Labute approximate surface area is 80.9 Å². The third-order valence-electron chi connectivity index (χ3n) is 2.40. The van der Waals surface area contributed by atoms with Crippen molar-refractivity contribution in [3.05, 3.63) is 18.0 Å². The van der Waals surface area contributed by atoms with Crippen LogP contribution >= 0.6 is 0 Å². The number of rotatable bonds is 1. The molecule has 2 aromatic heterocycles. The number of carbonyl (C=O) groups excluding carboxylic acids is 1. The molecule has 74 valence electrons. The van der Waals surface area contributed by atoms with Gasteiger partial charge in [0.15, 0.2) is 0 Å². The number of fused-ring (bicyclic) bond motifs is 1. The van der Waals surface area contributed by atoms with E-state index < -0.39 is 0 Å². The average molecular weight is 192 g/mol. The maximum atomic E-state index is 11.6. The lowest BCUT2D eigenvalue weighted by molar-refractivity contribution is 0.0957. The Kier molecular flexibility index (Phi) is 1.73. The van der Waals surface area contributed by atoms with Crippen LogP contribution in [0.25, 0.3) is 10.9 Å². The minimum absolute atomic E-state index is 0.131. The van der Waals surface area contributed by atoms with Crippen LogP contribution < -0.4 is 11.1 Å². The summed E-state index contributed by atoms with van der Waals surface area (Å²) in [6.45, 7) is 0. The van der Waals surface area contributed by atoms with E-state index in [1.54, 1.807) is 24.9 Å². The van der Waals surface area contributed by atoms with Gasteiger partial charge in [0.05, 0.1) is 5.52 Å². The zero-order chi connectivity index (χ0) is 10.3. The van der Waals surface area contributed by atoms with Crippen molar-refractivity contribution in [3.8, 4) is 0 Å². The highest BCUT2D eigenvalue weighted by Crippen LogP contribution is 2.25.